The van der Waals surface area contributed by atoms with Crippen molar-refractivity contribution in [1.29, 1.82) is 0 Å². The number of fused-ring (bicyclic) bond motifs is 2. The number of carbonyl (C=O) groups excluding carboxylic acids is 1. The minimum Gasteiger partial charge on any atom is -0.316 e. The van der Waals surface area contributed by atoms with Crippen LogP contribution >= 0.6 is 11.9 Å². The van der Waals surface area contributed by atoms with Crippen LogP contribution in [-0.2, 0) is 16.7 Å². The highest BCUT2D eigenvalue weighted by Gasteiger charge is 2.40. The Labute approximate surface area is 195 Å². The van der Waals surface area contributed by atoms with Gasteiger partial charge in [0.2, 0.25) is 0 Å². The Bertz CT molecular complexity index is 706. The smallest absolute Gasteiger partial charge is 0.316 e. The van der Waals surface area contributed by atoms with Crippen molar-refractivity contribution >= 4 is 18.2 Å². The van der Waals surface area contributed by atoms with Crippen LogP contribution in [0, 0.1) is 23.7 Å². The summed E-state index contributed by atoms with van der Waals surface area (Å²) in [5.74, 6) is 4.46. The van der Waals surface area contributed by atoms with Crippen LogP contribution in [-0.4, -0.2) is 24.9 Å². The zero-order valence-electron chi connectivity index (χ0n) is 20.0. The molecule has 32 heavy (non-hydrogen) atoms. The lowest BCUT2D eigenvalue weighted by atomic mass is 9.62. The van der Waals surface area contributed by atoms with Gasteiger partial charge in [-0.05, 0) is 87.9 Å². The third kappa shape index (κ3) is 8.07. The van der Waals surface area contributed by atoms with E-state index >= 15 is 0 Å². The van der Waals surface area contributed by atoms with Crippen molar-refractivity contribution in [2.45, 2.75) is 83.3 Å². The highest BCUT2D eigenvalue weighted by atomic mass is 32.2. The average Bonchev–Trinajstić information content (AvgIpc) is 2.73. The predicted octanol–water partition coefficient (Wildman–Crippen LogP) is 6.48. The summed E-state index contributed by atoms with van der Waals surface area (Å²) < 4.78 is 39.9. The minimum absolute atomic E-state index is 0.495. The molecule has 2 aliphatic carbocycles. The van der Waals surface area contributed by atoms with Crippen LogP contribution in [0.1, 0.15) is 70.9 Å². The van der Waals surface area contributed by atoms with Gasteiger partial charge in [-0.25, -0.2) is 0 Å². The minimum atomic E-state index is -4.30. The summed E-state index contributed by atoms with van der Waals surface area (Å²) in [7, 11) is 2.16. The van der Waals surface area contributed by atoms with Crippen molar-refractivity contribution in [3.63, 3.8) is 0 Å². The lowest BCUT2D eigenvalue weighted by Crippen LogP contribution is -2.48. The molecule has 0 saturated heterocycles. The molecule has 2 N–H and O–H groups in total. The maximum atomic E-state index is 12.3. The molecular formula is C25H39F3N2OS. The molecule has 7 heteroatoms. The van der Waals surface area contributed by atoms with Gasteiger partial charge in [0.1, 0.15) is 6.29 Å². The van der Waals surface area contributed by atoms with E-state index in [2.05, 4.69) is 30.9 Å². The van der Waals surface area contributed by atoms with Crippen molar-refractivity contribution in [2.75, 3.05) is 7.05 Å². The molecule has 0 aromatic heterocycles. The molecule has 5 atom stereocenters. The van der Waals surface area contributed by atoms with Gasteiger partial charge < -0.3 is 10.1 Å². The van der Waals surface area contributed by atoms with Gasteiger partial charge in [-0.15, -0.1) is 0 Å². The monoisotopic (exact) mass is 472 g/mol. The summed E-state index contributed by atoms with van der Waals surface area (Å²) in [6.07, 6.45) is 3.82. The molecule has 1 aromatic rings. The Hall–Kier alpha value is -1.05. The van der Waals surface area contributed by atoms with Gasteiger partial charge in [-0.1, -0.05) is 44.3 Å². The fourth-order valence-electron chi connectivity index (χ4n) is 5.26. The van der Waals surface area contributed by atoms with E-state index in [1.54, 1.807) is 13.8 Å². The molecule has 0 radical (unpaired) electrons. The van der Waals surface area contributed by atoms with Crippen LogP contribution in [0.3, 0.4) is 0 Å². The summed E-state index contributed by atoms with van der Waals surface area (Å²) in [4.78, 5) is 10.6. The average molecular weight is 473 g/mol. The first kappa shape index (κ1) is 27.2. The van der Waals surface area contributed by atoms with E-state index in [-0.39, 0.29) is 0 Å². The second-order valence-corrected chi connectivity index (χ2v) is 10.9. The molecule has 5 unspecified atom stereocenters. The topological polar surface area (TPSA) is 41.1 Å². The lowest BCUT2D eigenvalue weighted by Gasteiger charge is -2.47. The van der Waals surface area contributed by atoms with Gasteiger partial charge in [0.15, 0.2) is 0 Å². The van der Waals surface area contributed by atoms with Crippen LogP contribution in [0.2, 0.25) is 0 Å². The number of hydrogen-bond donors (Lipinski definition) is 2. The van der Waals surface area contributed by atoms with Gasteiger partial charge in [-0.2, -0.15) is 13.2 Å². The SMILES string of the molecule is CC(C)(C=O)NSCc1ccc(C(F)(F)F)cc1.CCC1CC2CC(C)CC(C2)C1NC. The number of alkyl halides is 3. The third-order valence-electron chi connectivity index (χ3n) is 6.74. The van der Waals surface area contributed by atoms with E-state index in [4.69, 9.17) is 0 Å². The maximum absolute atomic E-state index is 12.3. The zero-order chi connectivity index (χ0) is 23.9. The Morgan fingerprint density at radius 1 is 1.09 bits per heavy atom. The van der Waals surface area contributed by atoms with Crippen LogP contribution < -0.4 is 10.0 Å². The Morgan fingerprint density at radius 2 is 1.75 bits per heavy atom. The first-order chi connectivity index (χ1) is 15.0. The first-order valence-corrected chi connectivity index (χ1v) is 12.7. The maximum Gasteiger partial charge on any atom is 0.416 e. The molecule has 3 rings (SSSR count). The van der Waals surface area contributed by atoms with Crippen molar-refractivity contribution in [3.8, 4) is 0 Å². The van der Waals surface area contributed by atoms with Gasteiger partial charge in [-0.3, -0.25) is 4.72 Å². The van der Waals surface area contributed by atoms with Crippen molar-refractivity contribution in [2.24, 2.45) is 23.7 Å². The number of benzene rings is 1. The van der Waals surface area contributed by atoms with E-state index in [9.17, 15) is 18.0 Å². The van der Waals surface area contributed by atoms with Crippen LogP contribution in [0.15, 0.2) is 24.3 Å². The molecule has 0 amide bonds. The molecule has 182 valence electrons. The number of halogens is 3. The van der Waals surface area contributed by atoms with E-state index in [0.717, 1.165) is 53.7 Å². The molecule has 0 aliphatic heterocycles. The van der Waals surface area contributed by atoms with Crippen molar-refractivity contribution < 1.29 is 18.0 Å². The lowest BCUT2D eigenvalue weighted by molar-refractivity contribution is -0.137. The zero-order valence-corrected chi connectivity index (χ0v) is 20.8. The Balaban J connectivity index is 0.000000233. The highest BCUT2D eigenvalue weighted by Crippen LogP contribution is 2.45. The molecule has 3 nitrogen and oxygen atoms in total. The largest absolute Gasteiger partial charge is 0.416 e. The number of nitrogens with one attached hydrogen (secondary N) is 2. The molecule has 2 aliphatic rings. The first-order valence-electron chi connectivity index (χ1n) is 11.7. The van der Waals surface area contributed by atoms with E-state index < -0.39 is 17.3 Å². The summed E-state index contributed by atoms with van der Waals surface area (Å²) in [6, 6.07) is 5.80. The highest BCUT2D eigenvalue weighted by molar-refractivity contribution is 7.96. The Morgan fingerprint density at radius 3 is 2.28 bits per heavy atom. The standard InChI is InChI=1S/C13H25N.C12H14F3NOS/c1-4-11-7-10-5-9(2)6-12(8-10)13(11)14-3;1-11(2,8-17)16-18-7-9-3-5-10(6-4-9)12(13,14)15/h9-14H,4-8H2,1-3H3;3-6,8,16H,7H2,1-2H3. The van der Waals surface area contributed by atoms with E-state index in [1.165, 1.54) is 56.2 Å². The van der Waals surface area contributed by atoms with E-state index in [1.807, 2.05) is 0 Å². The quantitative estimate of drug-likeness (QED) is 0.352. The summed E-state index contributed by atoms with van der Waals surface area (Å²) in [6.45, 7) is 8.25. The summed E-state index contributed by atoms with van der Waals surface area (Å²) >= 11 is 1.29. The fraction of sp³-hybridized carbons (Fsp3) is 0.720. The van der Waals surface area contributed by atoms with Crippen LogP contribution in [0.5, 0.6) is 0 Å². The fourth-order valence-corrected chi connectivity index (χ4v) is 6.11. The second-order valence-electron chi connectivity index (χ2n) is 10.1. The summed E-state index contributed by atoms with van der Waals surface area (Å²) in [5.41, 5.74) is -0.532. The second kappa shape index (κ2) is 11.9. The van der Waals surface area contributed by atoms with Crippen molar-refractivity contribution in [1.82, 2.24) is 10.0 Å². The molecule has 2 fully saturated rings. The molecule has 2 saturated carbocycles. The van der Waals surface area contributed by atoms with Gasteiger partial charge in [0.05, 0.1) is 11.1 Å². The number of aldehydes is 1. The molecular weight excluding hydrogens is 433 g/mol. The van der Waals surface area contributed by atoms with Crippen LogP contribution in [0.25, 0.3) is 0 Å². The predicted molar refractivity (Wildman–Crippen MR) is 127 cm³/mol. The van der Waals surface area contributed by atoms with E-state index in [0.29, 0.717) is 5.75 Å². The summed E-state index contributed by atoms with van der Waals surface area (Å²) in [5, 5.41) is 3.58. The van der Waals surface area contributed by atoms with Gasteiger partial charge >= 0.3 is 6.18 Å². The number of carbonyl (C=O) groups is 1. The molecule has 2 bridgehead atoms. The third-order valence-corrected chi connectivity index (χ3v) is 7.88. The van der Waals surface area contributed by atoms with Crippen LogP contribution in [0.4, 0.5) is 13.2 Å². The normalized spacial score (nSPS) is 27.9. The van der Waals surface area contributed by atoms with Crippen molar-refractivity contribution in [3.05, 3.63) is 35.4 Å². The number of rotatable bonds is 7. The Kier molecular flexibility index (Phi) is 10.1. The van der Waals surface area contributed by atoms with Gasteiger partial charge in [0.25, 0.3) is 0 Å². The molecule has 0 heterocycles. The molecule has 1 aromatic carbocycles. The van der Waals surface area contributed by atoms with Gasteiger partial charge in [0, 0.05) is 11.8 Å². The number of hydrogen-bond acceptors (Lipinski definition) is 4. The molecule has 0 spiro atoms.